The zero-order valence-electron chi connectivity index (χ0n) is 19.3. The molecule has 3 N–H and O–H groups in total. The van der Waals surface area contributed by atoms with Gasteiger partial charge in [0, 0.05) is 49.2 Å². The Balaban J connectivity index is 1.35. The number of allylic oxidation sites excluding steroid dienone is 1. The molecule has 1 unspecified atom stereocenters. The summed E-state index contributed by atoms with van der Waals surface area (Å²) in [5.41, 5.74) is 9.53. The SMILES string of the molecule is Cc1ccc(N)cc1Oc1nc(NC2=CCC(C)(N3CCN(C)CC3)C=C2)nc2ccsc12. The van der Waals surface area contributed by atoms with E-state index in [2.05, 4.69) is 47.3 Å². The lowest BCUT2D eigenvalue weighted by Crippen LogP contribution is -2.54. The Morgan fingerprint density at radius 1 is 1.15 bits per heavy atom. The molecule has 0 radical (unpaired) electrons. The predicted octanol–water partition coefficient (Wildman–Crippen LogP) is 4.64. The third kappa shape index (κ3) is 4.59. The number of aryl methyl sites for hydroxylation is 1. The fourth-order valence-electron chi connectivity index (χ4n) is 4.29. The predicted molar refractivity (Wildman–Crippen MR) is 136 cm³/mol. The van der Waals surface area contributed by atoms with Crippen molar-refractivity contribution in [2.45, 2.75) is 25.8 Å². The van der Waals surface area contributed by atoms with Crippen LogP contribution in [-0.2, 0) is 0 Å². The highest BCUT2D eigenvalue weighted by Crippen LogP contribution is 2.35. The number of piperazine rings is 1. The molecule has 0 spiro atoms. The van der Waals surface area contributed by atoms with Gasteiger partial charge in [-0.05, 0) is 56.5 Å². The first kappa shape index (κ1) is 21.9. The van der Waals surface area contributed by atoms with E-state index >= 15 is 0 Å². The highest BCUT2D eigenvalue weighted by molar-refractivity contribution is 7.17. The number of hydrogen-bond acceptors (Lipinski definition) is 8. The number of benzene rings is 1. The molecule has 0 saturated carbocycles. The molecule has 1 saturated heterocycles. The minimum atomic E-state index is 0.0453. The number of anilines is 2. The molecule has 5 rings (SSSR count). The summed E-state index contributed by atoms with van der Waals surface area (Å²) in [6.45, 7) is 8.72. The van der Waals surface area contributed by atoms with Crippen molar-refractivity contribution in [1.82, 2.24) is 19.8 Å². The van der Waals surface area contributed by atoms with E-state index in [0.717, 1.165) is 54.1 Å². The van der Waals surface area contributed by atoms with Gasteiger partial charge >= 0.3 is 0 Å². The lowest BCUT2D eigenvalue weighted by molar-refractivity contribution is 0.0801. The summed E-state index contributed by atoms with van der Waals surface area (Å²) < 4.78 is 7.12. The molecule has 8 heteroatoms. The summed E-state index contributed by atoms with van der Waals surface area (Å²) >= 11 is 1.57. The van der Waals surface area contributed by atoms with Gasteiger partial charge in [-0.15, -0.1) is 11.3 Å². The van der Waals surface area contributed by atoms with Crippen molar-refractivity contribution >= 4 is 33.2 Å². The van der Waals surface area contributed by atoms with Crippen molar-refractivity contribution in [2.75, 3.05) is 44.3 Å². The standard InChI is InChI=1S/C25H30N6OS/c1-17-4-5-18(26)16-21(17)32-23-22-20(8-15-33-22)28-24(29-23)27-19-6-9-25(2,10-7-19)31-13-11-30(3)12-14-31/h4-9,15-16H,10-14,26H2,1-3H3,(H,27,28,29). The molecular formula is C25H30N6OS. The maximum absolute atomic E-state index is 6.20. The summed E-state index contributed by atoms with van der Waals surface area (Å²) in [5, 5.41) is 5.39. The third-order valence-electron chi connectivity index (χ3n) is 6.53. The van der Waals surface area contributed by atoms with Gasteiger partial charge in [0.25, 0.3) is 0 Å². The number of nitrogens with two attached hydrogens (primary N) is 1. The molecule has 3 heterocycles. The highest BCUT2D eigenvalue weighted by Gasteiger charge is 2.32. The van der Waals surface area contributed by atoms with E-state index in [9.17, 15) is 0 Å². The van der Waals surface area contributed by atoms with Gasteiger partial charge < -0.3 is 20.7 Å². The van der Waals surface area contributed by atoms with Gasteiger partial charge in [-0.2, -0.15) is 4.98 Å². The molecule has 33 heavy (non-hydrogen) atoms. The third-order valence-corrected chi connectivity index (χ3v) is 7.42. The van der Waals surface area contributed by atoms with Crippen molar-refractivity contribution in [3.05, 3.63) is 59.1 Å². The number of hydrogen-bond donors (Lipinski definition) is 2. The summed E-state index contributed by atoms with van der Waals surface area (Å²) in [4.78, 5) is 14.4. The second-order valence-corrected chi connectivity index (χ2v) is 10.00. The number of likely N-dealkylation sites (N-methyl/N-ethyl adjacent to an activating group) is 1. The van der Waals surface area contributed by atoms with E-state index in [0.29, 0.717) is 23.3 Å². The quantitative estimate of drug-likeness (QED) is 0.535. The molecule has 0 amide bonds. The molecule has 7 nitrogen and oxygen atoms in total. The minimum absolute atomic E-state index is 0.0453. The molecule has 2 aliphatic rings. The van der Waals surface area contributed by atoms with Crippen LogP contribution < -0.4 is 15.8 Å². The van der Waals surface area contributed by atoms with Crippen LogP contribution in [0.25, 0.3) is 10.2 Å². The molecule has 0 bridgehead atoms. The van der Waals surface area contributed by atoms with E-state index in [-0.39, 0.29) is 5.54 Å². The van der Waals surface area contributed by atoms with Crippen LogP contribution in [0.15, 0.2) is 53.6 Å². The molecule has 2 aromatic heterocycles. The smallest absolute Gasteiger partial charge is 0.242 e. The van der Waals surface area contributed by atoms with E-state index in [1.165, 1.54) is 0 Å². The van der Waals surface area contributed by atoms with Crippen molar-refractivity contribution in [1.29, 1.82) is 0 Å². The van der Waals surface area contributed by atoms with Gasteiger partial charge in [0.1, 0.15) is 10.4 Å². The lowest BCUT2D eigenvalue weighted by atomic mass is 9.89. The van der Waals surface area contributed by atoms with Crippen LogP contribution in [0.3, 0.4) is 0 Å². The van der Waals surface area contributed by atoms with Gasteiger partial charge in [0.05, 0.1) is 5.52 Å². The van der Waals surface area contributed by atoms with Gasteiger partial charge in [-0.1, -0.05) is 18.2 Å². The van der Waals surface area contributed by atoms with E-state index in [1.54, 1.807) is 11.3 Å². The first-order valence-corrected chi connectivity index (χ1v) is 12.2. The first-order valence-electron chi connectivity index (χ1n) is 11.3. The average Bonchev–Trinajstić information content (AvgIpc) is 3.27. The van der Waals surface area contributed by atoms with Crippen LogP contribution in [0, 0.1) is 6.92 Å². The number of nitrogen functional groups attached to an aromatic ring is 1. The topological polar surface area (TPSA) is 79.5 Å². The van der Waals surface area contributed by atoms with Crippen molar-refractivity contribution in [2.24, 2.45) is 0 Å². The molecule has 1 atom stereocenters. The van der Waals surface area contributed by atoms with Crippen LogP contribution in [0.2, 0.25) is 0 Å². The van der Waals surface area contributed by atoms with Gasteiger partial charge in [-0.3, -0.25) is 4.90 Å². The van der Waals surface area contributed by atoms with E-state index in [4.69, 9.17) is 20.4 Å². The van der Waals surface area contributed by atoms with E-state index in [1.807, 2.05) is 36.6 Å². The highest BCUT2D eigenvalue weighted by atomic mass is 32.1. The van der Waals surface area contributed by atoms with E-state index < -0.39 is 0 Å². The van der Waals surface area contributed by atoms with Crippen LogP contribution in [0.5, 0.6) is 11.6 Å². The van der Waals surface area contributed by atoms with Crippen molar-refractivity contribution in [3.8, 4) is 11.6 Å². The summed E-state index contributed by atoms with van der Waals surface area (Å²) in [7, 11) is 2.19. The summed E-state index contributed by atoms with van der Waals surface area (Å²) in [6, 6.07) is 7.64. The maximum Gasteiger partial charge on any atom is 0.242 e. The number of fused-ring (bicyclic) bond motifs is 1. The summed E-state index contributed by atoms with van der Waals surface area (Å²) in [6.07, 6.45) is 7.63. The first-order chi connectivity index (χ1) is 15.9. The number of nitrogens with zero attached hydrogens (tertiary/aromatic N) is 4. The molecule has 1 fully saturated rings. The van der Waals surface area contributed by atoms with Gasteiger partial charge in [0.15, 0.2) is 0 Å². The van der Waals surface area contributed by atoms with Crippen LogP contribution in [0.1, 0.15) is 18.9 Å². The minimum Gasteiger partial charge on any atom is -0.437 e. The normalized spacial score (nSPS) is 21.8. The number of aromatic nitrogens is 2. The second-order valence-electron chi connectivity index (χ2n) is 9.08. The fraction of sp³-hybridized carbons (Fsp3) is 0.360. The Hall–Kier alpha value is -2.94. The van der Waals surface area contributed by atoms with Crippen molar-refractivity contribution < 1.29 is 4.74 Å². The Morgan fingerprint density at radius 2 is 1.97 bits per heavy atom. The number of rotatable bonds is 5. The Kier molecular flexibility index (Phi) is 5.82. The maximum atomic E-state index is 6.20. The number of nitrogens with one attached hydrogen (secondary N) is 1. The number of thiophene rings is 1. The molecule has 1 aliphatic heterocycles. The lowest BCUT2D eigenvalue weighted by Gasteiger charge is -2.44. The Bertz CT molecular complexity index is 1230. The second kappa shape index (κ2) is 8.78. The summed E-state index contributed by atoms with van der Waals surface area (Å²) in [5.74, 6) is 1.76. The molecule has 1 aromatic carbocycles. The Labute approximate surface area is 198 Å². The zero-order chi connectivity index (χ0) is 23.0. The molecule has 1 aliphatic carbocycles. The van der Waals surface area contributed by atoms with Crippen molar-refractivity contribution in [3.63, 3.8) is 0 Å². The molecule has 172 valence electrons. The zero-order valence-corrected chi connectivity index (χ0v) is 20.2. The monoisotopic (exact) mass is 462 g/mol. The fourth-order valence-corrected chi connectivity index (χ4v) is 5.04. The van der Waals surface area contributed by atoms with Crippen LogP contribution in [-0.4, -0.2) is 58.5 Å². The largest absolute Gasteiger partial charge is 0.437 e. The molecule has 3 aromatic rings. The van der Waals surface area contributed by atoms with Crippen LogP contribution >= 0.6 is 11.3 Å². The average molecular weight is 463 g/mol. The van der Waals surface area contributed by atoms with Gasteiger partial charge in [0.2, 0.25) is 11.8 Å². The van der Waals surface area contributed by atoms with Crippen LogP contribution in [0.4, 0.5) is 11.6 Å². The Morgan fingerprint density at radius 3 is 2.73 bits per heavy atom. The number of ether oxygens (including phenoxy) is 1. The van der Waals surface area contributed by atoms with Gasteiger partial charge in [-0.25, -0.2) is 4.98 Å². The molecular weight excluding hydrogens is 432 g/mol.